The van der Waals surface area contributed by atoms with Gasteiger partial charge in [-0.05, 0) is 25.1 Å². The second-order valence-corrected chi connectivity index (χ2v) is 8.49. The standard InChI is InChI=1S/C23H20N4O2S/c1-3-13-26-18-12-8-7-11-17(18)23(22(26)29)20-15(2)25-27(16-9-5-4-6-10-16)21(20)24-19(28)14-30-23/h3-12H,1,13-14H2,2H3,(H,24,28). The van der Waals surface area contributed by atoms with E-state index in [9.17, 15) is 9.59 Å². The summed E-state index contributed by atoms with van der Waals surface area (Å²) in [5.41, 5.74) is 4.02. The van der Waals surface area contributed by atoms with Gasteiger partial charge in [0, 0.05) is 23.4 Å². The van der Waals surface area contributed by atoms with Crippen LogP contribution in [-0.2, 0) is 14.3 Å². The third kappa shape index (κ3) is 2.48. The Morgan fingerprint density at radius 3 is 2.67 bits per heavy atom. The molecule has 1 spiro atoms. The van der Waals surface area contributed by atoms with E-state index in [2.05, 4.69) is 11.9 Å². The number of rotatable bonds is 3. The number of para-hydroxylation sites is 2. The second-order valence-electron chi connectivity index (χ2n) is 7.30. The van der Waals surface area contributed by atoms with Gasteiger partial charge in [0.05, 0.1) is 17.1 Å². The molecule has 3 aromatic rings. The molecule has 3 heterocycles. The van der Waals surface area contributed by atoms with Crippen LogP contribution in [0.5, 0.6) is 0 Å². The van der Waals surface area contributed by atoms with E-state index in [0.717, 1.165) is 22.5 Å². The van der Waals surface area contributed by atoms with Crippen LogP contribution >= 0.6 is 11.8 Å². The Morgan fingerprint density at radius 1 is 1.17 bits per heavy atom. The molecule has 0 saturated heterocycles. The quantitative estimate of drug-likeness (QED) is 0.662. The summed E-state index contributed by atoms with van der Waals surface area (Å²) in [7, 11) is 0. The van der Waals surface area contributed by atoms with Crippen molar-refractivity contribution in [3.8, 4) is 5.69 Å². The average Bonchev–Trinajstić information content (AvgIpc) is 3.13. The minimum Gasteiger partial charge on any atom is -0.310 e. The first-order valence-corrected chi connectivity index (χ1v) is 10.7. The minimum absolute atomic E-state index is 0.0675. The number of hydrogen-bond acceptors (Lipinski definition) is 4. The topological polar surface area (TPSA) is 67.2 Å². The van der Waals surface area contributed by atoms with Crippen LogP contribution < -0.4 is 10.2 Å². The van der Waals surface area contributed by atoms with Crippen molar-refractivity contribution in [2.45, 2.75) is 11.7 Å². The Bertz CT molecular complexity index is 1190. The maximum atomic E-state index is 13.9. The van der Waals surface area contributed by atoms with Gasteiger partial charge in [0.2, 0.25) is 5.91 Å². The lowest BCUT2D eigenvalue weighted by Gasteiger charge is -2.27. The molecule has 30 heavy (non-hydrogen) atoms. The van der Waals surface area contributed by atoms with Gasteiger partial charge < -0.3 is 10.2 Å². The Labute approximate surface area is 178 Å². The second kappa shape index (κ2) is 6.88. The Morgan fingerprint density at radius 2 is 1.90 bits per heavy atom. The fraction of sp³-hybridized carbons (Fsp3) is 0.174. The molecule has 0 radical (unpaired) electrons. The van der Waals surface area contributed by atoms with Crippen molar-refractivity contribution < 1.29 is 9.59 Å². The molecule has 0 saturated carbocycles. The van der Waals surface area contributed by atoms with E-state index in [0.29, 0.717) is 18.1 Å². The molecule has 1 atom stereocenters. The van der Waals surface area contributed by atoms with Gasteiger partial charge in [0.1, 0.15) is 5.82 Å². The molecule has 0 bridgehead atoms. The van der Waals surface area contributed by atoms with Crippen molar-refractivity contribution in [2.75, 3.05) is 22.5 Å². The van der Waals surface area contributed by atoms with E-state index in [-0.39, 0.29) is 17.6 Å². The minimum atomic E-state index is -1.04. The normalized spacial score (nSPS) is 20.0. The molecule has 1 aromatic heterocycles. The first-order valence-electron chi connectivity index (χ1n) is 9.69. The number of anilines is 2. The van der Waals surface area contributed by atoms with Gasteiger partial charge in [-0.2, -0.15) is 5.10 Å². The molecular weight excluding hydrogens is 396 g/mol. The van der Waals surface area contributed by atoms with E-state index in [4.69, 9.17) is 5.10 Å². The maximum Gasteiger partial charge on any atom is 0.252 e. The van der Waals surface area contributed by atoms with Crippen LogP contribution in [-0.4, -0.2) is 33.9 Å². The summed E-state index contributed by atoms with van der Waals surface area (Å²) in [5, 5.41) is 7.74. The third-order valence-corrected chi connectivity index (χ3v) is 6.96. The van der Waals surface area contributed by atoms with Gasteiger partial charge in [-0.3, -0.25) is 9.59 Å². The summed E-state index contributed by atoms with van der Waals surface area (Å²) >= 11 is 1.36. The van der Waals surface area contributed by atoms with Gasteiger partial charge in [0.25, 0.3) is 5.91 Å². The molecule has 0 fully saturated rings. The Kier molecular flexibility index (Phi) is 4.29. The predicted octanol–water partition coefficient (Wildman–Crippen LogP) is 3.64. The zero-order valence-corrected chi connectivity index (χ0v) is 17.3. The first-order chi connectivity index (χ1) is 14.6. The molecule has 1 N–H and O–H groups in total. The zero-order valence-electron chi connectivity index (χ0n) is 16.5. The lowest BCUT2D eigenvalue weighted by molar-refractivity contribution is -0.119. The van der Waals surface area contributed by atoms with Gasteiger partial charge >= 0.3 is 0 Å². The molecule has 2 aliphatic rings. The summed E-state index contributed by atoms with van der Waals surface area (Å²) in [6.45, 7) is 6.11. The number of carbonyl (C=O) groups excluding carboxylic acids is 2. The highest BCUT2D eigenvalue weighted by Gasteiger charge is 2.56. The summed E-state index contributed by atoms with van der Waals surface area (Å²) in [6.07, 6.45) is 1.72. The number of fused-ring (bicyclic) bond motifs is 4. The molecule has 1 unspecified atom stereocenters. The van der Waals surface area contributed by atoms with E-state index < -0.39 is 4.75 Å². The summed E-state index contributed by atoms with van der Waals surface area (Å²) < 4.78 is 0.688. The molecule has 150 valence electrons. The van der Waals surface area contributed by atoms with Crippen LogP contribution in [0, 0.1) is 6.92 Å². The highest BCUT2D eigenvalue weighted by molar-refractivity contribution is 8.01. The van der Waals surface area contributed by atoms with Crippen molar-refractivity contribution in [3.63, 3.8) is 0 Å². The van der Waals surface area contributed by atoms with Crippen LogP contribution in [0.3, 0.4) is 0 Å². The van der Waals surface area contributed by atoms with Crippen LogP contribution in [0.25, 0.3) is 5.69 Å². The molecule has 2 amide bonds. The van der Waals surface area contributed by atoms with Crippen LogP contribution in [0.2, 0.25) is 0 Å². The van der Waals surface area contributed by atoms with Gasteiger partial charge in [-0.15, -0.1) is 18.3 Å². The lowest BCUT2D eigenvalue weighted by Crippen LogP contribution is -2.39. The molecule has 7 heteroatoms. The average molecular weight is 417 g/mol. The smallest absolute Gasteiger partial charge is 0.252 e. The van der Waals surface area contributed by atoms with Gasteiger partial charge in [-0.1, -0.05) is 42.5 Å². The third-order valence-electron chi connectivity index (χ3n) is 5.52. The molecule has 2 aliphatic heterocycles. The highest BCUT2D eigenvalue weighted by atomic mass is 32.2. The highest BCUT2D eigenvalue weighted by Crippen LogP contribution is 2.56. The van der Waals surface area contributed by atoms with Crippen LogP contribution in [0.1, 0.15) is 16.8 Å². The molecule has 2 aromatic carbocycles. The summed E-state index contributed by atoms with van der Waals surface area (Å²) in [6, 6.07) is 17.4. The fourth-order valence-corrected chi connectivity index (χ4v) is 5.72. The van der Waals surface area contributed by atoms with Gasteiger partial charge in [-0.25, -0.2) is 4.68 Å². The molecule has 5 rings (SSSR count). The Hall–Kier alpha value is -3.32. The molecular formula is C23H20N4O2S. The van der Waals surface area contributed by atoms with Crippen LogP contribution in [0.4, 0.5) is 11.5 Å². The van der Waals surface area contributed by atoms with E-state index in [1.807, 2.05) is 61.5 Å². The number of aromatic nitrogens is 2. The monoisotopic (exact) mass is 416 g/mol. The van der Waals surface area contributed by atoms with Crippen molar-refractivity contribution in [1.29, 1.82) is 0 Å². The number of carbonyl (C=O) groups is 2. The summed E-state index contributed by atoms with van der Waals surface area (Å²) in [4.78, 5) is 28.4. The largest absolute Gasteiger partial charge is 0.310 e. The maximum absolute atomic E-state index is 13.9. The van der Waals surface area contributed by atoms with Crippen molar-refractivity contribution in [2.24, 2.45) is 0 Å². The number of thioether (sulfide) groups is 1. The van der Waals surface area contributed by atoms with E-state index in [1.165, 1.54) is 11.8 Å². The van der Waals surface area contributed by atoms with E-state index in [1.54, 1.807) is 15.7 Å². The SMILES string of the molecule is C=CCN1C(=O)C2(SCC(=O)Nc3c2c(C)nn3-c2ccccc2)c2ccccc21. The number of nitrogens with one attached hydrogen (secondary N) is 1. The van der Waals surface area contributed by atoms with Crippen LogP contribution in [0.15, 0.2) is 67.3 Å². The number of nitrogens with zero attached hydrogens (tertiary/aromatic N) is 3. The first kappa shape index (κ1) is 18.7. The number of aryl methyl sites for hydroxylation is 1. The Balaban J connectivity index is 1.82. The predicted molar refractivity (Wildman–Crippen MR) is 119 cm³/mol. The van der Waals surface area contributed by atoms with Gasteiger partial charge in [0.15, 0.2) is 4.75 Å². The number of benzene rings is 2. The summed E-state index contributed by atoms with van der Waals surface area (Å²) in [5.74, 6) is 0.507. The van der Waals surface area contributed by atoms with Crippen molar-refractivity contribution in [3.05, 3.63) is 84.1 Å². The fourth-order valence-electron chi connectivity index (χ4n) is 4.35. The van der Waals surface area contributed by atoms with Crippen molar-refractivity contribution in [1.82, 2.24) is 9.78 Å². The lowest BCUT2D eigenvalue weighted by atomic mass is 9.91. The number of amides is 2. The zero-order chi connectivity index (χ0) is 20.9. The molecule has 0 aliphatic carbocycles. The molecule has 6 nitrogen and oxygen atoms in total. The van der Waals surface area contributed by atoms with E-state index >= 15 is 0 Å². The number of hydrogen-bond donors (Lipinski definition) is 1. The van der Waals surface area contributed by atoms with Crippen molar-refractivity contribution >= 4 is 35.1 Å².